The number of carbonyl (C=O) groups is 1. The summed E-state index contributed by atoms with van der Waals surface area (Å²) in [5, 5.41) is 0.986. The Morgan fingerprint density at radius 1 is 1.22 bits per heavy atom. The zero-order valence-electron chi connectivity index (χ0n) is 19.1. The molecule has 3 atom stereocenters. The van der Waals surface area contributed by atoms with Gasteiger partial charge in [0.15, 0.2) is 0 Å². The molecule has 0 N–H and O–H groups in total. The van der Waals surface area contributed by atoms with Gasteiger partial charge in [-0.3, -0.25) is 14.5 Å². The van der Waals surface area contributed by atoms with Gasteiger partial charge < -0.3 is 14.2 Å². The number of hydrogen-bond acceptors (Lipinski definition) is 6. The number of amides is 1. The first-order chi connectivity index (χ1) is 15.2. The van der Waals surface area contributed by atoms with Crippen LogP contribution in [0.4, 0.5) is 5.69 Å². The van der Waals surface area contributed by atoms with E-state index in [0.717, 1.165) is 23.0 Å². The number of aromatic nitrogens is 1. The molecule has 2 aromatic rings. The largest absolute Gasteiger partial charge is 0.372 e. The van der Waals surface area contributed by atoms with Crippen LogP contribution in [0.3, 0.4) is 0 Å². The van der Waals surface area contributed by atoms with E-state index in [1.807, 2.05) is 52.0 Å². The van der Waals surface area contributed by atoms with E-state index in [2.05, 4.69) is 4.90 Å². The molecule has 1 aromatic heterocycles. The van der Waals surface area contributed by atoms with E-state index in [4.69, 9.17) is 17.0 Å². The Morgan fingerprint density at radius 2 is 1.88 bits per heavy atom. The summed E-state index contributed by atoms with van der Waals surface area (Å²) in [6, 6.07) is 7.94. The van der Waals surface area contributed by atoms with Crippen LogP contribution < -0.4 is 10.5 Å². The summed E-state index contributed by atoms with van der Waals surface area (Å²) in [4.78, 5) is 31.1. The lowest BCUT2D eigenvalue weighted by atomic mass is 10.0. The van der Waals surface area contributed by atoms with Crippen LogP contribution in [0.15, 0.2) is 34.0 Å². The number of para-hydroxylation sites is 1. The van der Waals surface area contributed by atoms with Crippen molar-refractivity contribution < 1.29 is 9.53 Å². The third-order valence-corrected chi connectivity index (χ3v) is 7.51. The molecule has 0 radical (unpaired) electrons. The molecule has 3 heterocycles. The van der Waals surface area contributed by atoms with Crippen molar-refractivity contribution in [3.05, 3.63) is 45.1 Å². The van der Waals surface area contributed by atoms with E-state index in [9.17, 15) is 9.59 Å². The average molecular weight is 472 g/mol. The van der Waals surface area contributed by atoms with E-state index < -0.39 is 0 Å². The van der Waals surface area contributed by atoms with Crippen LogP contribution in [0.2, 0.25) is 0 Å². The van der Waals surface area contributed by atoms with Gasteiger partial charge in [0.2, 0.25) is 0 Å². The summed E-state index contributed by atoms with van der Waals surface area (Å²) in [6.45, 7) is 9.47. The molecule has 3 unspecified atom stereocenters. The van der Waals surface area contributed by atoms with Crippen LogP contribution in [0.5, 0.6) is 0 Å². The highest BCUT2D eigenvalue weighted by molar-refractivity contribution is 8.26. The number of morpholine rings is 1. The minimum atomic E-state index is -0.126. The molecule has 8 heteroatoms. The summed E-state index contributed by atoms with van der Waals surface area (Å²) in [6.07, 6.45) is 2.64. The van der Waals surface area contributed by atoms with Crippen molar-refractivity contribution in [3.8, 4) is 0 Å². The molecule has 2 aliphatic rings. The fourth-order valence-corrected chi connectivity index (χ4v) is 5.95. The lowest BCUT2D eigenvalue weighted by Crippen LogP contribution is -2.46. The third-order valence-electron chi connectivity index (χ3n) is 6.18. The van der Waals surface area contributed by atoms with Gasteiger partial charge in [-0.25, -0.2) is 0 Å². The number of benzene rings is 1. The zero-order valence-corrected chi connectivity index (χ0v) is 20.8. The number of pyridine rings is 1. The maximum absolute atomic E-state index is 13.6. The number of rotatable bonds is 4. The van der Waals surface area contributed by atoms with Gasteiger partial charge in [0, 0.05) is 31.6 Å². The minimum absolute atomic E-state index is 0.0215. The van der Waals surface area contributed by atoms with Gasteiger partial charge in [0.05, 0.1) is 33.9 Å². The molecule has 0 bridgehead atoms. The van der Waals surface area contributed by atoms with Gasteiger partial charge in [-0.2, -0.15) is 0 Å². The van der Waals surface area contributed by atoms with E-state index in [-0.39, 0.29) is 29.7 Å². The van der Waals surface area contributed by atoms with Crippen LogP contribution in [0, 0.1) is 0 Å². The Labute approximate surface area is 198 Å². The standard InChI is InChI=1S/C24H29N3O3S2/c1-6-14(2)27-23(29)20(32-24(27)31)11-18-21(26-12-15(3)30-16(4)13-26)17-9-7-8-10-19(17)25(5)22(18)28/h7-11,14-16H,6,12-13H2,1-5H3. The number of carbonyl (C=O) groups excluding carboxylic acids is 1. The van der Waals surface area contributed by atoms with Gasteiger partial charge in [0.25, 0.3) is 11.5 Å². The lowest BCUT2D eigenvalue weighted by Gasteiger charge is -2.38. The van der Waals surface area contributed by atoms with Crippen LogP contribution in [0.1, 0.15) is 39.7 Å². The second kappa shape index (κ2) is 9.00. The van der Waals surface area contributed by atoms with Crippen LogP contribution in [0.25, 0.3) is 17.0 Å². The second-order valence-corrected chi connectivity index (χ2v) is 10.3. The molecule has 0 saturated carbocycles. The smallest absolute Gasteiger partial charge is 0.266 e. The Morgan fingerprint density at radius 3 is 2.53 bits per heavy atom. The van der Waals surface area contributed by atoms with Crippen molar-refractivity contribution >= 4 is 56.9 Å². The molecule has 2 saturated heterocycles. The van der Waals surface area contributed by atoms with Crippen molar-refractivity contribution in [2.24, 2.45) is 7.05 Å². The maximum atomic E-state index is 13.6. The quantitative estimate of drug-likeness (QED) is 0.493. The fraction of sp³-hybridized carbons (Fsp3) is 0.458. The van der Waals surface area contributed by atoms with Crippen LogP contribution in [-0.4, -0.2) is 51.0 Å². The summed E-state index contributed by atoms with van der Waals surface area (Å²) in [5.41, 5.74) is 2.12. The molecule has 32 heavy (non-hydrogen) atoms. The molecule has 6 nitrogen and oxygen atoms in total. The Balaban J connectivity index is 1.93. The predicted octanol–water partition coefficient (Wildman–Crippen LogP) is 4.15. The third kappa shape index (κ3) is 4.00. The van der Waals surface area contributed by atoms with Gasteiger partial charge in [-0.15, -0.1) is 0 Å². The maximum Gasteiger partial charge on any atom is 0.266 e. The van der Waals surface area contributed by atoms with Gasteiger partial charge in [-0.05, 0) is 39.3 Å². The molecule has 1 aromatic carbocycles. The number of nitrogens with zero attached hydrogens (tertiary/aromatic N) is 3. The molecule has 0 spiro atoms. The van der Waals surface area contributed by atoms with E-state index >= 15 is 0 Å². The normalized spacial score (nSPS) is 24.1. The first kappa shape index (κ1) is 23.0. The lowest BCUT2D eigenvalue weighted by molar-refractivity contribution is -0.123. The SMILES string of the molecule is CCC(C)N1C(=O)C(=Cc2c(N3CC(C)OC(C)C3)c3ccccc3n(C)c2=O)SC1=S. The summed E-state index contributed by atoms with van der Waals surface area (Å²) < 4.78 is 8.14. The number of ether oxygens (including phenoxy) is 1. The van der Waals surface area contributed by atoms with Gasteiger partial charge in [-0.1, -0.05) is 49.1 Å². The topological polar surface area (TPSA) is 54.8 Å². The van der Waals surface area contributed by atoms with E-state index in [0.29, 0.717) is 27.9 Å². The number of thioether (sulfide) groups is 1. The number of hydrogen-bond donors (Lipinski definition) is 0. The highest BCUT2D eigenvalue weighted by atomic mass is 32.2. The second-order valence-electron chi connectivity index (χ2n) is 8.61. The molecular weight excluding hydrogens is 442 g/mol. The molecule has 0 aliphatic carbocycles. The molecular formula is C24H29N3O3S2. The number of fused-ring (bicyclic) bond motifs is 1. The van der Waals surface area contributed by atoms with Crippen LogP contribution in [-0.2, 0) is 16.6 Å². The average Bonchev–Trinajstić information content (AvgIpc) is 3.03. The Hall–Kier alpha value is -2.16. The number of thiocarbonyl (C=S) groups is 1. The van der Waals surface area contributed by atoms with Gasteiger partial charge >= 0.3 is 0 Å². The highest BCUT2D eigenvalue weighted by Gasteiger charge is 2.36. The van der Waals surface area contributed by atoms with Crippen molar-refractivity contribution in [1.29, 1.82) is 0 Å². The van der Waals surface area contributed by atoms with Gasteiger partial charge in [0.1, 0.15) is 4.32 Å². The number of aryl methyl sites for hydroxylation is 1. The van der Waals surface area contributed by atoms with E-state index in [1.54, 1.807) is 22.6 Å². The van der Waals surface area contributed by atoms with E-state index in [1.165, 1.54) is 11.8 Å². The first-order valence-corrected chi connectivity index (χ1v) is 12.2. The highest BCUT2D eigenvalue weighted by Crippen LogP contribution is 2.37. The number of anilines is 1. The molecule has 2 fully saturated rings. The monoisotopic (exact) mass is 471 g/mol. The summed E-state index contributed by atoms with van der Waals surface area (Å²) in [5.74, 6) is -0.126. The summed E-state index contributed by atoms with van der Waals surface area (Å²) >= 11 is 6.77. The van der Waals surface area contributed by atoms with Crippen LogP contribution >= 0.6 is 24.0 Å². The summed E-state index contributed by atoms with van der Waals surface area (Å²) in [7, 11) is 1.78. The molecule has 1 amide bonds. The predicted molar refractivity (Wildman–Crippen MR) is 136 cm³/mol. The van der Waals surface area contributed by atoms with Crippen molar-refractivity contribution in [2.75, 3.05) is 18.0 Å². The molecule has 4 rings (SSSR count). The zero-order chi connectivity index (χ0) is 23.2. The fourth-order valence-electron chi connectivity index (χ4n) is 4.51. The minimum Gasteiger partial charge on any atom is -0.372 e. The first-order valence-electron chi connectivity index (χ1n) is 11.0. The van der Waals surface area contributed by atoms with Crippen molar-refractivity contribution in [2.45, 2.75) is 52.4 Å². The Kier molecular flexibility index (Phi) is 6.47. The molecule has 2 aliphatic heterocycles. The molecule has 170 valence electrons. The van der Waals surface area contributed by atoms with Crippen molar-refractivity contribution in [3.63, 3.8) is 0 Å². The van der Waals surface area contributed by atoms with Crippen molar-refractivity contribution in [1.82, 2.24) is 9.47 Å². The Bertz CT molecular complexity index is 1160.